The molecule has 1 amide bonds. The maximum absolute atomic E-state index is 15.8. The quantitative estimate of drug-likeness (QED) is 0.333. The van der Waals surface area contributed by atoms with Gasteiger partial charge in [0, 0.05) is 47.6 Å². The van der Waals surface area contributed by atoms with Crippen molar-refractivity contribution >= 4 is 46.5 Å². The minimum Gasteiger partial charge on any atom is -0.478 e. The largest absolute Gasteiger partial charge is 0.478 e. The Morgan fingerprint density at radius 2 is 1.46 bits per heavy atom. The number of hydrogen-bond donors (Lipinski definition) is 1. The first-order valence-electron chi connectivity index (χ1n) is 17.3. The number of fused-ring (bicyclic) bond motifs is 5. The zero-order valence-electron chi connectivity index (χ0n) is 27.3. The molecule has 10 nitrogen and oxygen atoms in total. The third kappa shape index (κ3) is 5.32. The minimum atomic E-state index is -1.18. The van der Waals surface area contributed by atoms with Gasteiger partial charge >= 0.3 is 5.97 Å². The SMILES string of the molecule is O=C(O)c1cc(F)c(-c2cccc3c2OCN(C(=O)c2c(Cl)cc(N4CC5CCC(C4)N5C4COC4)cc2Cl)C3)cc1N1C2CCC1COC2. The Hall–Kier alpha value is -3.61. The van der Waals surface area contributed by atoms with E-state index in [4.69, 9.17) is 37.4 Å². The maximum atomic E-state index is 15.8. The highest BCUT2D eigenvalue weighted by atomic mass is 35.5. The highest BCUT2D eigenvalue weighted by molar-refractivity contribution is 6.40. The number of anilines is 2. The summed E-state index contributed by atoms with van der Waals surface area (Å²) in [5.41, 5.74) is 2.94. The van der Waals surface area contributed by atoms with Crippen LogP contribution in [0.5, 0.6) is 5.75 Å². The second-order valence-electron chi connectivity index (χ2n) is 14.3. The minimum absolute atomic E-state index is 0.0335. The molecule has 9 rings (SSSR count). The molecule has 262 valence electrons. The van der Waals surface area contributed by atoms with Crippen LogP contribution in [0.25, 0.3) is 11.1 Å². The molecule has 4 atom stereocenters. The highest BCUT2D eigenvalue weighted by Gasteiger charge is 2.45. The first-order chi connectivity index (χ1) is 24.2. The molecule has 6 aliphatic rings. The smallest absolute Gasteiger partial charge is 0.337 e. The van der Waals surface area contributed by atoms with E-state index < -0.39 is 11.8 Å². The lowest BCUT2D eigenvalue weighted by molar-refractivity contribution is -0.0850. The van der Waals surface area contributed by atoms with Crippen LogP contribution in [0.4, 0.5) is 15.8 Å². The van der Waals surface area contributed by atoms with Gasteiger partial charge in [0.25, 0.3) is 5.91 Å². The van der Waals surface area contributed by atoms with Gasteiger partial charge in [-0.3, -0.25) is 9.69 Å². The number of hydrogen-bond acceptors (Lipinski definition) is 8. The molecule has 3 aromatic carbocycles. The molecular weight excluding hydrogens is 686 g/mol. The van der Waals surface area contributed by atoms with Crippen LogP contribution in [0.15, 0.2) is 42.5 Å². The number of piperazine rings is 1. The summed E-state index contributed by atoms with van der Waals surface area (Å²) in [5.74, 6) is -1.76. The van der Waals surface area contributed by atoms with E-state index in [-0.39, 0.29) is 58.0 Å². The topological polar surface area (TPSA) is 95.0 Å². The van der Waals surface area contributed by atoms with E-state index >= 15 is 4.39 Å². The number of nitrogens with zero attached hydrogens (tertiary/aromatic N) is 4. The van der Waals surface area contributed by atoms with Crippen LogP contribution in [-0.2, 0) is 16.0 Å². The van der Waals surface area contributed by atoms with Gasteiger partial charge in [0.1, 0.15) is 11.6 Å². The van der Waals surface area contributed by atoms with Crippen molar-refractivity contribution in [3.05, 3.63) is 75.0 Å². The Balaban J connectivity index is 0.966. The van der Waals surface area contributed by atoms with Gasteiger partial charge in [0.15, 0.2) is 6.73 Å². The first-order valence-corrected chi connectivity index (χ1v) is 18.1. The van der Waals surface area contributed by atoms with Gasteiger partial charge in [-0.1, -0.05) is 41.4 Å². The number of ether oxygens (including phenoxy) is 3. The molecule has 0 saturated carbocycles. The fourth-order valence-corrected chi connectivity index (χ4v) is 9.67. The molecule has 0 aliphatic carbocycles. The van der Waals surface area contributed by atoms with Crippen molar-refractivity contribution in [2.75, 3.05) is 56.0 Å². The number of carboxylic acids is 1. The number of amides is 1. The lowest BCUT2D eigenvalue weighted by Gasteiger charge is -2.48. The van der Waals surface area contributed by atoms with Crippen molar-refractivity contribution in [1.82, 2.24) is 9.80 Å². The molecule has 0 spiro atoms. The summed E-state index contributed by atoms with van der Waals surface area (Å²) < 4.78 is 33.1. The van der Waals surface area contributed by atoms with E-state index in [0.29, 0.717) is 53.9 Å². The van der Waals surface area contributed by atoms with Gasteiger partial charge in [-0.05, 0) is 49.9 Å². The second-order valence-corrected chi connectivity index (χ2v) is 15.1. The molecule has 1 N–H and O–H groups in total. The number of halogens is 3. The Morgan fingerprint density at radius 1 is 0.820 bits per heavy atom. The zero-order chi connectivity index (χ0) is 34.3. The average molecular weight is 724 g/mol. The Kier molecular flexibility index (Phi) is 8.11. The summed E-state index contributed by atoms with van der Waals surface area (Å²) >= 11 is 13.6. The Morgan fingerprint density at radius 3 is 2.10 bits per heavy atom. The van der Waals surface area contributed by atoms with Crippen LogP contribution < -0.4 is 14.5 Å². The van der Waals surface area contributed by atoms with E-state index in [9.17, 15) is 14.7 Å². The summed E-state index contributed by atoms with van der Waals surface area (Å²) in [4.78, 5) is 34.7. The number of carbonyl (C=O) groups excluding carboxylic acids is 1. The molecule has 0 aromatic heterocycles. The summed E-state index contributed by atoms with van der Waals surface area (Å²) in [6, 6.07) is 13.3. The zero-order valence-corrected chi connectivity index (χ0v) is 28.8. The van der Waals surface area contributed by atoms with Crippen molar-refractivity contribution in [3.63, 3.8) is 0 Å². The summed E-state index contributed by atoms with van der Waals surface area (Å²) in [6.45, 7) is 4.47. The number of morpholine rings is 1. The van der Waals surface area contributed by atoms with Crippen LogP contribution in [0, 0.1) is 5.82 Å². The van der Waals surface area contributed by atoms with Gasteiger partial charge in [0.05, 0.1) is 78.0 Å². The van der Waals surface area contributed by atoms with Crippen LogP contribution in [0.1, 0.15) is 52.0 Å². The molecule has 5 fully saturated rings. The Labute approximate surface area is 299 Å². The number of para-hydroxylation sites is 1. The molecule has 6 aliphatic heterocycles. The van der Waals surface area contributed by atoms with Crippen molar-refractivity contribution in [3.8, 4) is 16.9 Å². The molecule has 50 heavy (non-hydrogen) atoms. The van der Waals surface area contributed by atoms with Crippen LogP contribution >= 0.6 is 23.2 Å². The fourth-order valence-electron chi connectivity index (χ4n) is 9.03. The lowest BCUT2D eigenvalue weighted by atomic mass is 9.96. The third-order valence-corrected chi connectivity index (χ3v) is 12.0. The van der Waals surface area contributed by atoms with E-state index in [1.54, 1.807) is 18.2 Å². The summed E-state index contributed by atoms with van der Waals surface area (Å²) in [7, 11) is 0. The maximum Gasteiger partial charge on any atom is 0.337 e. The number of carboxylic acid groups (broad SMARTS) is 1. The lowest BCUT2D eigenvalue weighted by Crippen LogP contribution is -2.62. The van der Waals surface area contributed by atoms with Crippen LogP contribution in [-0.4, -0.2) is 103 Å². The van der Waals surface area contributed by atoms with Crippen LogP contribution in [0.2, 0.25) is 10.0 Å². The highest BCUT2D eigenvalue weighted by Crippen LogP contribution is 2.44. The standard InChI is InChI=1S/C37H37Cl2FN4O6/c38-30-8-25(41-13-21-4-5-22(14-41)43(21)26-17-49-18-26)9-31(39)34(30)36(45)42-12-20-2-1-3-27(35(20)50-19-42)28-11-33(29(37(46)47)10-32(28)40)44-23-6-7-24(44)16-48-15-23/h1-3,8-11,21-24,26H,4-7,12-19H2,(H,46,47). The molecule has 6 heterocycles. The number of aromatic carboxylic acids is 1. The number of carbonyl (C=O) groups is 2. The molecular formula is C37H37Cl2FN4O6. The van der Waals surface area contributed by atoms with Gasteiger partial charge in [0.2, 0.25) is 0 Å². The molecule has 5 saturated heterocycles. The van der Waals surface area contributed by atoms with Crippen molar-refractivity contribution < 1.29 is 33.3 Å². The normalized spacial score (nSPS) is 26.1. The van der Waals surface area contributed by atoms with Gasteiger partial charge in [-0.25, -0.2) is 9.18 Å². The monoisotopic (exact) mass is 722 g/mol. The second kappa shape index (κ2) is 12.6. The van der Waals surface area contributed by atoms with Crippen molar-refractivity contribution in [2.45, 2.75) is 62.4 Å². The summed E-state index contributed by atoms with van der Waals surface area (Å²) in [5, 5.41) is 10.6. The van der Waals surface area contributed by atoms with E-state index in [1.165, 1.54) is 4.90 Å². The molecule has 3 aromatic rings. The van der Waals surface area contributed by atoms with Crippen LogP contribution in [0.3, 0.4) is 0 Å². The van der Waals surface area contributed by atoms with E-state index in [1.807, 2.05) is 18.2 Å². The molecule has 4 bridgehead atoms. The fraction of sp³-hybridized carbons (Fsp3) is 0.459. The van der Waals surface area contributed by atoms with E-state index in [2.05, 4.69) is 14.7 Å². The first kappa shape index (κ1) is 32.3. The predicted molar refractivity (Wildman–Crippen MR) is 186 cm³/mol. The van der Waals surface area contributed by atoms with E-state index in [0.717, 1.165) is 63.7 Å². The third-order valence-electron chi connectivity index (χ3n) is 11.4. The summed E-state index contributed by atoms with van der Waals surface area (Å²) in [6.07, 6.45) is 4.08. The molecule has 0 radical (unpaired) electrons. The molecule has 13 heteroatoms. The molecule has 4 unspecified atom stereocenters. The number of rotatable bonds is 6. The van der Waals surface area contributed by atoms with Gasteiger partial charge < -0.3 is 34.0 Å². The number of benzene rings is 3. The predicted octanol–water partition coefficient (Wildman–Crippen LogP) is 5.91. The van der Waals surface area contributed by atoms with Gasteiger partial charge in [-0.2, -0.15) is 0 Å². The average Bonchev–Trinajstić information content (AvgIpc) is 3.46. The van der Waals surface area contributed by atoms with Crippen molar-refractivity contribution in [1.29, 1.82) is 0 Å². The van der Waals surface area contributed by atoms with Gasteiger partial charge in [-0.15, -0.1) is 0 Å². The van der Waals surface area contributed by atoms with Crippen molar-refractivity contribution in [2.24, 2.45) is 0 Å². The Bertz CT molecular complexity index is 1840.